The van der Waals surface area contributed by atoms with E-state index in [1.54, 1.807) is 6.07 Å². The van der Waals surface area contributed by atoms with E-state index in [1.165, 1.54) is 56.2 Å². The first kappa shape index (κ1) is 24.1. The van der Waals surface area contributed by atoms with Crippen LogP contribution in [0, 0.1) is 11.8 Å². The molecule has 0 spiro atoms. The van der Waals surface area contributed by atoms with E-state index in [2.05, 4.69) is 56.7 Å². The van der Waals surface area contributed by atoms with E-state index in [1.807, 2.05) is 23.9 Å². The molecule has 1 aromatic heterocycles. The number of benzene rings is 2. The molecule has 176 valence electrons. The van der Waals surface area contributed by atoms with Crippen LogP contribution in [0.25, 0.3) is 10.9 Å². The number of thioether (sulfide) groups is 1. The van der Waals surface area contributed by atoms with Gasteiger partial charge in [-0.2, -0.15) is 0 Å². The summed E-state index contributed by atoms with van der Waals surface area (Å²) in [5.74, 6) is 5.34. The fraction of sp³-hybridized carbons (Fsp3) is 0.370. The number of amides is 1. The van der Waals surface area contributed by atoms with Crippen molar-refractivity contribution < 1.29 is 9.90 Å². The first-order valence-corrected chi connectivity index (χ1v) is 12.8. The standard InChI is InChI=1S/C27H30N4O2S/c32-17-7-6-10-26(33)30-21-13-16-25-24(18-21)27(29-19-28-25)31-20-11-14-23(15-12-20)34-22-8-4-2-1-3-5-9-22/h11-16,18-19,22,32H,1-5,7-9,17H2,(H,30,33)(H,28,29,31). The number of anilines is 3. The third-order valence-electron chi connectivity index (χ3n) is 5.80. The van der Waals surface area contributed by atoms with Gasteiger partial charge in [-0.15, -0.1) is 11.8 Å². The predicted octanol–water partition coefficient (Wildman–Crippen LogP) is 5.90. The molecule has 1 aliphatic carbocycles. The van der Waals surface area contributed by atoms with Crippen molar-refractivity contribution in [3.05, 3.63) is 48.8 Å². The Bertz CT molecular complexity index is 1160. The van der Waals surface area contributed by atoms with E-state index in [0.717, 1.165) is 16.6 Å². The number of aliphatic hydroxyl groups is 1. The van der Waals surface area contributed by atoms with Crippen molar-refractivity contribution in [2.24, 2.45) is 0 Å². The van der Waals surface area contributed by atoms with E-state index in [4.69, 9.17) is 5.11 Å². The molecule has 1 amide bonds. The zero-order valence-corrected chi connectivity index (χ0v) is 20.0. The number of hydrogen-bond donors (Lipinski definition) is 3. The normalized spacial score (nSPS) is 14.5. The number of carbonyl (C=O) groups is 1. The Hall–Kier alpha value is -3.08. The molecule has 34 heavy (non-hydrogen) atoms. The Morgan fingerprint density at radius 1 is 1.00 bits per heavy atom. The van der Waals surface area contributed by atoms with Crippen LogP contribution in [0.15, 0.2) is 53.7 Å². The molecule has 2 aromatic carbocycles. The number of nitrogens with one attached hydrogen (secondary N) is 2. The van der Waals surface area contributed by atoms with Crippen LogP contribution in [-0.2, 0) is 4.79 Å². The zero-order chi connectivity index (χ0) is 23.6. The molecule has 0 atom stereocenters. The molecular weight excluding hydrogens is 444 g/mol. The van der Waals surface area contributed by atoms with Gasteiger partial charge in [0, 0.05) is 33.3 Å². The minimum atomic E-state index is -0.420. The summed E-state index contributed by atoms with van der Waals surface area (Å²) >= 11 is 2.00. The largest absolute Gasteiger partial charge is 0.395 e. The lowest BCUT2D eigenvalue weighted by Gasteiger charge is -2.19. The van der Waals surface area contributed by atoms with E-state index < -0.39 is 5.91 Å². The number of hydrogen-bond acceptors (Lipinski definition) is 6. The van der Waals surface area contributed by atoms with Crippen molar-refractivity contribution >= 4 is 45.8 Å². The Morgan fingerprint density at radius 3 is 2.50 bits per heavy atom. The van der Waals surface area contributed by atoms with Crippen LogP contribution < -0.4 is 10.6 Å². The Kier molecular flexibility index (Phi) is 8.78. The molecule has 1 fully saturated rings. The molecule has 7 heteroatoms. The van der Waals surface area contributed by atoms with Gasteiger partial charge in [-0.3, -0.25) is 4.79 Å². The number of rotatable bonds is 6. The second-order valence-corrected chi connectivity index (χ2v) is 9.79. The average Bonchev–Trinajstić information content (AvgIpc) is 2.82. The lowest BCUT2D eigenvalue weighted by Crippen LogP contribution is -2.08. The molecule has 6 nitrogen and oxygen atoms in total. The molecule has 0 bridgehead atoms. The molecular formula is C27H30N4O2S. The van der Waals surface area contributed by atoms with Crippen LogP contribution in [0.1, 0.15) is 51.4 Å². The molecule has 3 aromatic rings. The first-order chi connectivity index (χ1) is 16.7. The maximum absolute atomic E-state index is 12.0. The first-order valence-electron chi connectivity index (χ1n) is 11.9. The number of nitrogens with zero attached hydrogens (tertiary/aromatic N) is 2. The highest BCUT2D eigenvalue weighted by molar-refractivity contribution is 8.00. The zero-order valence-electron chi connectivity index (χ0n) is 19.2. The highest BCUT2D eigenvalue weighted by Gasteiger charge is 2.13. The van der Waals surface area contributed by atoms with Crippen molar-refractivity contribution in [2.75, 3.05) is 17.2 Å². The molecule has 1 heterocycles. The summed E-state index contributed by atoms with van der Waals surface area (Å²) in [6, 6.07) is 14.0. The van der Waals surface area contributed by atoms with Crippen LogP contribution >= 0.6 is 11.8 Å². The van der Waals surface area contributed by atoms with Gasteiger partial charge in [-0.25, -0.2) is 9.97 Å². The molecule has 0 aliphatic heterocycles. The summed E-state index contributed by atoms with van der Waals surface area (Å²) < 4.78 is 0. The van der Waals surface area contributed by atoms with Crippen molar-refractivity contribution in [1.82, 2.24) is 9.97 Å². The monoisotopic (exact) mass is 474 g/mol. The number of aromatic nitrogens is 2. The van der Waals surface area contributed by atoms with E-state index in [-0.39, 0.29) is 13.0 Å². The third kappa shape index (κ3) is 6.96. The molecule has 3 N–H and O–H groups in total. The summed E-state index contributed by atoms with van der Waals surface area (Å²) in [6.07, 6.45) is 11.2. The van der Waals surface area contributed by atoms with Crippen LogP contribution in [0.3, 0.4) is 0 Å². The summed E-state index contributed by atoms with van der Waals surface area (Å²) in [5.41, 5.74) is 2.34. The van der Waals surface area contributed by atoms with Crippen molar-refractivity contribution in [1.29, 1.82) is 0 Å². The third-order valence-corrected chi connectivity index (χ3v) is 7.15. The molecule has 1 saturated carbocycles. The highest BCUT2D eigenvalue weighted by atomic mass is 32.2. The van der Waals surface area contributed by atoms with Crippen LogP contribution in [0.2, 0.25) is 0 Å². The molecule has 4 rings (SSSR count). The van der Waals surface area contributed by atoms with Gasteiger partial charge in [0.05, 0.1) is 12.1 Å². The van der Waals surface area contributed by atoms with Crippen molar-refractivity contribution in [3.63, 3.8) is 0 Å². The van der Waals surface area contributed by atoms with Gasteiger partial charge in [0.15, 0.2) is 0 Å². The smallest absolute Gasteiger partial charge is 0.300 e. The number of fused-ring (bicyclic) bond motifs is 1. The lowest BCUT2D eigenvalue weighted by molar-refractivity contribution is -0.111. The Morgan fingerprint density at radius 2 is 1.74 bits per heavy atom. The maximum Gasteiger partial charge on any atom is 0.300 e. The Labute approximate surface area is 205 Å². The summed E-state index contributed by atoms with van der Waals surface area (Å²) in [6.45, 7) is -0.0666. The fourth-order valence-electron chi connectivity index (χ4n) is 4.08. The van der Waals surface area contributed by atoms with Crippen LogP contribution in [0.5, 0.6) is 0 Å². The van der Waals surface area contributed by atoms with Crippen molar-refractivity contribution in [2.45, 2.75) is 61.5 Å². The van der Waals surface area contributed by atoms with E-state index in [0.29, 0.717) is 16.8 Å². The van der Waals surface area contributed by atoms with Gasteiger partial charge in [0.25, 0.3) is 5.91 Å². The summed E-state index contributed by atoms with van der Waals surface area (Å²) in [4.78, 5) is 22.1. The topological polar surface area (TPSA) is 87.1 Å². The minimum absolute atomic E-state index is 0.0666. The van der Waals surface area contributed by atoms with Gasteiger partial charge in [0.1, 0.15) is 12.1 Å². The van der Waals surface area contributed by atoms with Gasteiger partial charge in [-0.1, -0.05) is 38.0 Å². The number of carbonyl (C=O) groups excluding carboxylic acids is 1. The van der Waals surface area contributed by atoms with Crippen molar-refractivity contribution in [3.8, 4) is 11.8 Å². The molecule has 0 saturated heterocycles. The molecule has 0 unspecified atom stereocenters. The summed E-state index contributed by atoms with van der Waals surface area (Å²) in [7, 11) is 0. The quantitative estimate of drug-likeness (QED) is 0.386. The minimum Gasteiger partial charge on any atom is -0.395 e. The Balaban J connectivity index is 1.44. The van der Waals surface area contributed by atoms with Gasteiger partial charge < -0.3 is 15.7 Å². The molecule has 1 aliphatic rings. The van der Waals surface area contributed by atoms with Gasteiger partial charge >= 0.3 is 0 Å². The molecule has 0 radical (unpaired) electrons. The van der Waals surface area contributed by atoms with E-state index >= 15 is 0 Å². The number of aliphatic hydroxyl groups excluding tert-OH is 1. The summed E-state index contributed by atoms with van der Waals surface area (Å²) in [5, 5.41) is 16.5. The van der Waals surface area contributed by atoms with Crippen LogP contribution in [0.4, 0.5) is 17.2 Å². The maximum atomic E-state index is 12.0. The van der Waals surface area contributed by atoms with Crippen LogP contribution in [-0.4, -0.2) is 32.8 Å². The average molecular weight is 475 g/mol. The van der Waals surface area contributed by atoms with Gasteiger partial charge in [0.2, 0.25) is 0 Å². The second-order valence-electron chi connectivity index (χ2n) is 8.42. The lowest BCUT2D eigenvalue weighted by atomic mass is 10.0. The predicted molar refractivity (Wildman–Crippen MR) is 139 cm³/mol. The van der Waals surface area contributed by atoms with Gasteiger partial charge in [-0.05, 0) is 61.2 Å². The highest BCUT2D eigenvalue weighted by Crippen LogP contribution is 2.33. The SMILES string of the molecule is O=C(C#CCCO)Nc1ccc2ncnc(Nc3ccc(SC4CCCCCCC4)cc3)c2c1. The van der Waals surface area contributed by atoms with E-state index in [9.17, 15) is 4.79 Å². The second kappa shape index (κ2) is 12.4. The fourth-order valence-corrected chi connectivity index (χ4v) is 5.32.